The Balaban J connectivity index is 1.93. The van der Waals surface area contributed by atoms with Crippen molar-refractivity contribution in [1.29, 1.82) is 0 Å². The number of nitrogens with zero attached hydrogens (tertiary/aromatic N) is 1. The fraction of sp³-hybridized carbons (Fsp3) is 0.471. The van der Waals surface area contributed by atoms with Crippen LogP contribution in [-0.4, -0.2) is 33.7 Å². The van der Waals surface area contributed by atoms with Crippen LogP contribution in [0.4, 0.5) is 0 Å². The second-order valence-corrected chi connectivity index (χ2v) is 5.75. The average molecular weight is 332 g/mol. The Bertz CT molecular complexity index is 730. The number of aromatic amines is 2. The number of nitrogens with one attached hydrogen (secondary N) is 3. The molecule has 0 bridgehead atoms. The highest BCUT2D eigenvalue weighted by atomic mass is 16.5. The molecule has 0 aliphatic heterocycles. The fourth-order valence-corrected chi connectivity index (χ4v) is 2.65. The Morgan fingerprint density at radius 1 is 1.25 bits per heavy atom. The largest absolute Gasteiger partial charge is 0.461 e. The number of carbonyl (C=O) groups excluding carboxylic acids is 2. The molecule has 0 unspecified atom stereocenters. The van der Waals surface area contributed by atoms with E-state index in [9.17, 15) is 9.59 Å². The lowest BCUT2D eigenvalue weighted by atomic mass is 10.0. The number of H-pyrrole nitrogens is 2. The van der Waals surface area contributed by atoms with E-state index in [1.807, 2.05) is 20.8 Å². The molecule has 0 saturated carbocycles. The SMILES string of the molecule is CCOC(=O)c1[nH]c(C)c(CCC(=O)NCc2cn[nH]c2C)c1C. The summed E-state index contributed by atoms with van der Waals surface area (Å²) >= 11 is 0. The molecule has 2 rings (SSSR count). The molecule has 0 spiro atoms. The predicted octanol–water partition coefficient (Wildman–Crippen LogP) is 2.09. The van der Waals surface area contributed by atoms with Crippen molar-refractivity contribution in [1.82, 2.24) is 20.5 Å². The molecule has 0 saturated heterocycles. The maximum atomic E-state index is 12.0. The summed E-state index contributed by atoms with van der Waals surface area (Å²) in [6.45, 7) is 8.26. The minimum atomic E-state index is -0.357. The van der Waals surface area contributed by atoms with Crippen molar-refractivity contribution in [3.05, 3.63) is 40.0 Å². The maximum absolute atomic E-state index is 12.0. The number of ether oxygens (including phenoxy) is 1. The first-order chi connectivity index (χ1) is 11.4. The van der Waals surface area contributed by atoms with E-state index in [1.165, 1.54) is 0 Å². The van der Waals surface area contributed by atoms with Gasteiger partial charge in [0, 0.05) is 29.9 Å². The lowest BCUT2D eigenvalue weighted by Gasteiger charge is -2.06. The summed E-state index contributed by atoms with van der Waals surface area (Å²) in [4.78, 5) is 27.0. The molecule has 0 aromatic carbocycles. The zero-order valence-corrected chi connectivity index (χ0v) is 14.6. The Morgan fingerprint density at radius 3 is 2.62 bits per heavy atom. The van der Waals surface area contributed by atoms with Crippen molar-refractivity contribution in [3.8, 4) is 0 Å². The molecule has 0 aliphatic rings. The van der Waals surface area contributed by atoms with Crippen LogP contribution in [0.5, 0.6) is 0 Å². The molecule has 1 amide bonds. The second-order valence-electron chi connectivity index (χ2n) is 5.75. The van der Waals surface area contributed by atoms with Crippen LogP contribution >= 0.6 is 0 Å². The van der Waals surface area contributed by atoms with Gasteiger partial charge >= 0.3 is 5.97 Å². The number of aromatic nitrogens is 3. The molecular formula is C17H24N4O3. The third kappa shape index (κ3) is 4.04. The lowest BCUT2D eigenvalue weighted by Crippen LogP contribution is -2.23. The topological polar surface area (TPSA) is 99.9 Å². The first-order valence-electron chi connectivity index (χ1n) is 8.04. The normalized spacial score (nSPS) is 10.7. The molecule has 0 fully saturated rings. The average Bonchev–Trinajstić information content (AvgIpc) is 3.07. The van der Waals surface area contributed by atoms with E-state index in [4.69, 9.17) is 4.74 Å². The van der Waals surface area contributed by atoms with Gasteiger partial charge in [-0.1, -0.05) is 0 Å². The molecule has 3 N–H and O–H groups in total. The Kier molecular flexibility index (Phi) is 5.78. The third-order valence-corrected chi connectivity index (χ3v) is 4.08. The van der Waals surface area contributed by atoms with Crippen molar-refractivity contribution in [2.75, 3.05) is 6.61 Å². The zero-order valence-electron chi connectivity index (χ0n) is 14.6. The van der Waals surface area contributed by atoms with Crippen LogP contribution in [0.1, 0.15) is 51.9 Å². The summed E-state index contributed by atoms with van der Waals surface area (Å²) in [5.41, 5.74) is 5.14. The molecule has 2 heterocycles. The quantitative estimate of drug-likeness (QED) is 0.676. The number of hydrogen-bond donors (Lipinski definition) is 3. The van der Waals surface area contributed by atoms with Gasteiger partial charge in [-0.05, 0) is 45.2 Å². The molecule has 7 heteroatoms. The fourth-order valence-electron chi connectivity index (χ4n) is 2.65. The smallest absolute Gasteiger partial charge is 0.355 e. The van der Waals surface area contributed by atoms with Crippen LogP contribution in [0.2, 0.25) is 0 Å². The van der Waals surface area contributed by atoms with Crippen molar-refractivity contribution in [2.45, 2.75) is 47.1 Å². The zero-order chi connectivity index (χ0) is 17.7. The number of aryl methyl sites for hydroxylation is 2. The Morgan fingerprint density at radius 2 is 2.00 bits per heavy atom. The molecular weight excluding hydrogens is 308 g/mol. The van der Waals surface area contributed by atoms with E-state index in [0.29, 0.717) is 31.7 Å². The number of esters is 1. The molecule has 0 radical (unpaired) electrons. The van der Waals surface area contributed by atoms with Gasteiger partial charge in [0.2, 0.25) is 5.91 Å². The van der Waals surface area contributed by atoms with Crippen LogP contribution in [0, 0.1) is 20.8 Å². The van der Waals surface area contributed by atoms with Gasteiger partial charge in [0.15, 0.2) is 0 Å². The van der Waals surface area contributed by atoms with E-state index in [2.05, 4.69) is 20.5 Å². The maximum Gasteiger partial charge on any atom is 0.355 e. The number of hydrogen-bond acceptors (Lipinski definition) is 4. The summed E-state index contributed by atoms with van der Waals surface area (Å²) < 4.78 is 5.04. The van der Waals surface area contributed by atoms with Crippen molar-refractivity contribution >= 4 is 11.9 Å². The van der Waals surface area contributed by atoms with Gasteiger partial charge < -0.3 is 15.0 Å². The highest BCUT2D eigenvalue weighted by Gasteiger charge is 2.18. The van der Waals surface area contributed by atoms with E-state index in [0.717, 1.165) is 28.1 Å². The van der Waals surface area contributed by atoms with Crippen molar-refractivity contribution in [3.63, 3.8) is 0 Å². The van der Waals surface area contributed by atoms with Gasteiger partial charge in [0.1, 0.15) is 5.69 Å². The molecule has 0 aliphatic carbocycles. The van der Waals surface area contributed by atoms with E-state index in [1.54, 1.807) is 13.1 Å². The first kappa shape index (κ1) is 17.8. The van der Waals surface area contributed by atoms with Crippen LogP contribution in [0.25, 0.3) is 0 Å². The van der Waals surface area contributed by atoms with Crippen LogP contribution < -0.4 is 5.32 Å². The summed E-state index contributed by atoms with van der Waals surface area (Å²) in [6.07, 6.45) is 2.64. The predicted molar refractivity (Wildman–Crippen MR) is 89.7 cm³/mol. The summed E-state index contributed by atoms with van der Waals surface area (Å²) in [5.74, 6) is -0.391. The summed E-state index contributed by atoms with van der Waals surface area (Å²) in [6, 6.07) is 0. The van der Waals surface area contributed by atoms with Gasteiger partial charge in [-0.25, -0.2) is 4.79 Å². The van der Waals surface area contributed by atoms with Gasteiger partial charge in [-0.3, -0.25) is 9.89 Å². The molecule has 2 aromatic rings. The molecule has 130 valence electrons. The van der Waals surface area contributed by atoms with E-state index < -0.39 is 0 Å². The second kappa shape index (κ2) is 7.81. The summed E-state index contributed by atoms with van der Waals surface area (Å²) in [7, 11) is 0. The number of carbonyl (C=O) groups is 2. The third-order valence-electron chi connectivity index (χ3n) is 4.08. The first-order valence-corrected chi connectivity index (χ1v) is 8.04. The Labute approximate surface area is 141 Å². The summed E-state index contributed by atoms with van der Waals surface area (Å²) in [5, 5.41) is 9.65. The monoisotopic (exact) mass is 332 g/mol. The Hall–Kier alpha value is -2.57. The van der Waals surface area contributed by atoms with Crippen LogP contribution in [0.3, 0.4) is 0 Å². The molecule has 0 atom stereocenters. The molecule has 7 nitrogen and oxygen atoms in total. The van der Waals surface area contributed by atoms with E-state index in [-0.39, 0.29) is 11.9 Å². The number of amides is 1. The van der Waals surface area contributed by atoms with E-state index >= 15 is 0 Å². The van der Waals surface area contributed by atoms with Crippen LogP contribution in [0.15, 0.2) is 6.20 Å². The minimum Gasteiger partial charge on any atom is -0.461 e. The van der Waals surface area contributed by atoms with Crippen molar-refractivity contribution in [2.24, 2.45) is 0 Å². The lowest BCUT2D eigenvalue weighted by molar-refractivity contribution is -0.121. The van der Waals surface area contributed by atoms with Crippen molar-refractivity contribution < 1.29 is 14.3 Å². The van der Waals surface area contributed by atoms with Gasteiger partial charge in [0.05, 0.1) is 12.8 Å². The molecule has 24 heavy (non-hydrogen) atoms. The standard InChI is InChI=1S/C17H24N4O3/c1-5-24-17(23)16-10(2)14(12(4)20-16)6-7-15(22)18-8-13-9-19-21-11(13)3/h9,20H,5-8H2,1-4H3,(H,18,22)(H,19,21). The van der Waals surface area contributed by atoms with Gasteiger partial charge in [-0.15, -0.1) is 0 Å². The highest BCUT2D eigenvalue weighted by molar-refractivity contribution is 5.90. The van der Waals surface area contributed by atoms with Gasteiger partial charge in [0.25, 0.3) is 0 Å². The number of rotatable bonds is 7. The minimum absolute atomic E-state index is 0.0340. The molecule has 2 aromatic heterocycles. The van der Waals surface area contributed by atoms with Gasteiger partial charge in [-0.2, -0.15) is 5.10 Å². The highest BCUT2D eigenvalue weighted by Crippen LogP contribution is 2.20. The van der Waals surface area contributed by atoms with Crippen LogP contribution in [-0.2, 0) is 22.5 Å².